The summed E-state index contributed by atoms with van der Waals surface area (Å²) in [6.07, 6.45) is 1.87. The number of anilines is 1. The van der Waals surface area contributed by atoms with Crippen molar-refractivity contribution in [3.63, 3.8) is 0 Å². The molecule has 1 N–H and O–H groups in total. The Bertz CT molecular complexity index is 1220. The number of hydrogen-bond acceptors (Lipinski definition) is 4. The molecule has 4 aromatic rings. The lowest BCUT2D eigenvalue weighted by Gasteiger charge is -2.10. The number of benzene rings is 2. The van der Waals surface area contributed by atoms with Gasteiger partial charge in [-0.2, -0.15) is 5.10 Å². The van der Waals surface area contributed by atoms with Gasteiger partial charge >= 0.3 is 0 Å². The molecule has 0 spiro atoms. The molecule has 7 heteroatoms. The monoisotopic (exact) mass is 509 g/mol. The number of nitrogens with one attached hydrogen (secondary N) is 1. The van der Waals surface area contributed by atoms with Crippen LogP contribution in [0.3, 0.4) is 0 Å². The topological polar surface area (TPSA) is 56.2 Å². The standard InChI is InChI=1S/C25H24BrN3O2S/c1-16-7-9-19(10-8-16)12-29-13-21(26)24(28-29)27-25(30)22-11-20(15-32-22)14-31-23-17(2)5-4-6-18(23)3/h4-11,13,15H,12,14H2,1-3H3,(H,27,28,30). The highest BCUT2D eigenvalue weighted by atomic mass is 79.9. The van der Waals surface area contributed by atoms with E-state index in [-0.39, 0.29) is 5.91 Å². The second-order valence-corrected chi connectivity index (χ2v) is 9.56. The Kier molecular flexibility index (Phi) is 6.77. The number of carbonyl (C=O) groups is 1. The second-order valence-electron chi connectivity index (χ2n) is 7.79. The van der Waals surface area contributed by atoms with Crippen LogP contribution in [-0.2, 0) is 13.2 Å². The number of rotatable bonds is 7. The number of aromatic nitrogens is 2. The largest absolute Gasteiger partial charge is 0.488 e. The highest BCUT2D eigenvalue weighted by Gasteiger charge is 2.15. The van der Waals surface area contributed by atoms with Crippen LogP contribution in [-0.4, -0.2) is 15.7 Å². The Labute approximate surface area is 200 Å². The van der Waals surface area contributed by atoms with E-state index in [0.717, 1.165) is 32.5 Å². The molecule has 2 aromatic heterocycles. The molecule has 5 nitrogen and oxygen atoms in total. The third kappa shape index (κ3) is 5.29. The second kappa shape index (κ2) is 9.71. The summed E-state index contributed by atoms with van der Waals surface area (Å²) in [4.78, 5) is 13.4. The number of para-hydroxylation sites is 1. The van der Waals surface area contributed by atoms with E-state index in [4.69, 9.17) is 4.74 Å². The lowest BCUT2D eigenvalue weighted by molar-refractivity contribution is 0.103. The van der Waals surface area contributed by atoms with Gasteiger partial charge in [-0.1, -0.05) is 48.0 Å². The number of carbonyl (C=O) groups excluding carboxylic acids is 1. The van der Waals surface area contributed by atoms with Gasteiger partial charge in [-0.15, -0.1) is 11.3 Å². The third-order valence-electron chi connectivity index (χ3n) is 5.08. The lowest BCUT2D eigenvalue weighted by atomic mass is 10.1. The minimum absolute atomic E-state index is 0.186. The van der Waals surface area contributed by atoms with Crippen molar-refractivity contribution in [1.29, 1.82) is 0 Å². The van der Waals surface area contributed by atoms with Gasteiger partial charge in [0.1, 0.15) is 12.4 Å². The van der Waals surface area contributed by atoms with E-state index in [2.05, 4.69) is 57.5 Å². The molecule has 2 heterocycles. The van der Waals surface area contributed by atoms with Crippen LogP contribution < -0.4 is 10.1 Å². The zero-order chi connectivity index (χ0) is 22.7. The SMILES string of the molecule is Cc1ccc(Cn2cc(Br)c(NC(=O)c3cc(COc4c(C)cccc4C)cs3)n2)cc1. The zero-order valence-corrected chi connectivity index (χ0v) is 20.6. The van der Waals surface area contributed by atoms with E-state index in [1.54, 1.807) is 0 Å². The van der Waals surface area contributed by atoms with Crippen LogP contribution in [0.1, 0.15) is 37.5 Å². The average Bonchev–Trinajstić information content (AvgIpc) is 3.36. The van der Waals surface area contributed by atoms with Gasteiger partial charge < -0.3 is 10.1 Å². The molecule has 4 rings (SSSR count). The highest BCUT2D eigenvalue weighted by Crippen LogP contribution is 2.26. The van der Waals surface area contributed by atoms with Crippen LogP contribution in [0.25, 0.3) is 0 Å². The molecular formula is C25H24BrN3O2S. The van der Waals surface area contributed by atoms with Crippen LogP contribution in [0.5, 0.6) is 5.75 Å². The van der Waals surface area contributed by atoms with Gasteiger partial charge in [-0.05, 0) is 64.8 Å². The predicted molar refractivity (Wildman–Crippen MR) is 133 cm³/mol. The molecule has 0 atom stereocenters. The van der Waals surface area contributed by atoms with Crippen molar-refractivity contribution in [2.75, 3.05) is 5.32 Å². The molecule has 0 radical (unpaired) electrons. The van der Waals surface area contributed by atoms with Crippen molar-refractivity contribution in [2.45, 2.75) is 33.9 Å². The molecule has 0 aliphatic rings. The Hall–Kier alpha value is -2.90. The Morgan fingerprint density at radius 3 is 2.53 bits per heavy atom. The van der Waals surface area contributed by atoms with Crippen molar-refractivity contribution in [3.8, 4) is 5.75 Å². The van der Waals surface area contributed by atoms with E-state index in [0.29, 0.717) is 23.8 Å². The number of thiophene rings is 1. The van der Waals surface area contributed by atoms with E-state index < -0.39 is 0 Å². The fourth-order valence-corrected chi connectivity index (χ4v) is 4.57. The number of ether oxygens (including phenoxy) is 1. The average molecular weight is 510 g/mol. The van der Waals surface area contributed by atoms with Gasteiger partial charge in [-0.3, -0.25) is 9.48 Å². The molecule has 0 unspecified atom stereocenters. The Balaban J connectivity index is 1.39. The first kappa shape index (κ1) is 22.3. The quantitative estimate of drug-likeness (QED) is 0.308. The van der Waals surface area contributed by atoms with Gasteiger partial charge in [-0.25, -0.2) is 0 Å². The minimum Gasteiger partial charge on any atom is -0.488 e. The van der Waals surface area contributed by atoms with E-state index in [1.807, 2.05) is 54.4 Å². The summed E-state index contributed by atoms with van der Waals surface area (Å²) in [6, 6.07) is 16.3. The molecule has 2 aromatic carbocycles. The van der Waals surface area contributed by atoms with Crippen LogP contribution in [0.4, 0.5) is 5.82 Å². The van der Waals surface area contributed by atoms with Crippen LogP contribution >= 0.6 is 27.3 Å². The normalized spacial score (nSPS) is 10.9. The van der Waals surface area contributed by atoms with Crippen molar-refractivity contribution in [3.05, 3.63) is 97.3 Å². The van der Waals surface area contributed by atoms with Gasteiger partial charge in [0.05, 0.1) is 15.9 Å². The molecule has 0 fully saturated rings. The fraction of sp³-hybridized carbons (Fsp3) is 0.200. The number of halogens is 1. The van der Waals surface area contributed by atoms with E-state index in [9.17, 15) is 4.79 Å². The fourth-order valence-electron chi connectivity index (χ4n) is 3.37. The molecule has 0 aliphatic heterocycles. The number of nitrogens with zero attached hydrogens (tertiary/aromatic N) is 2. The first-order valence-corrected chi connectivity index (χ1v) is 11.9. The van der Waals surface area contributed by atoms with Crippen molar-refractivity contribution in [1.82, 2.24) is 9.78 Å². The highest BCUT2D eigenvalue weighted by molar-refractivity contribution is 9.10. The Morgan fingerprint density at radius 2 is 1.81 bits per heavy atom. The molecule has 0 saturated carbocycles. The zero-order valence-electron chi connectivity index (χ0n) is 18.2. The van der Waals surface area contributed by atoms with Gasteiger partial charge in [0.2, 0.25) is 0 Å². The minimum atomic E-state index is -0.186. The van der Waals surface area contributed by atoms with Gasteiger partial charge in [0, 0.05) is 11.8 Å². The maximum atomic E-state index is 12.8. The molecule has 0 saturated heterocycles. The summed E-state index contributed by atoms with van der Waals surface area (Å²) in [5.74, 6) is 1.21. The first-order chi connectivity index (χ1) is 15.4. The summed E-state index contributed by atoms with van der Waals surface area (Å²) in [5, 5.41) is 9.36. The van der Waals surface area contributed by atoms with Gasteiger partial charge in [0.15, 0.2) is 5.82 Å². The number of hydrogen-bond donors (Lipinski definition) is 1. The van der Waals surface area contributed by atoms with E-state index >= 15 is 0 Å². The number of aryl methyl sites for hydroxylation is 3. The smallest absolute Gasteiger partial charge is 0.266 e. The molecule has 1 amide bonds. The van der Waals surface area contributed by atoms with Crippen LogP contribution in [0.2, 0.25) is 0 Å². The number of amides is 1. The molecule has 32 heavy (non-hydrogen) atoms. The molecule has 0 aliphatic carbocycles. The van der Waals surface area contributed by atoms with E-state index in [1.165, 1.54) is 16.9 Å². The summed E-state index contributed by atoms with van der Waals surface area (Å²) in [5.41, 5.74) is 5.54. The molecule has 164 valence electrons. The Morgan fingerprint density at radius 1 is 1.09 bits per heavy atom. The maximum Gasteiger partial charge on any atom is 0.266 e. The summed E-state index contributed by atoms with van der Waals surface area (Å²) < 4.78 is 8.55. The van der Waals surface area contributed by atoms with Gasteiger partial charge in [0.25, 0.3) is 5.91 Å². The van der Waals surface area contributed by atoms with Crippen LogP contribution in [0, 0.1) is 20.8 Å². The molecule has 0 bridgehead atoms. The lowest BCUT2D eigenvalue weighted by Crippen LogP contribution is -2.12. The first-order valence-electron chi connectivity index (χ1n) is 10.3. The van der Waals surface area contributed by atoms with Crippen LogP contribution in [0.15, 0.2) is 64.6 Å². The predicted octanol–water partition coefficient (Wildman–Crippen LogP) is 6.51. The summed E-state index contributed by atoms with van der Waals surface area (Å²) >= 11 is 4.89. The molecular weight excluding hydrogens is 486 g/mol. The maximum absolute atomic E-state index is 12.8. The third-order valence-corrected chi connectivity index (χ3v) is 6.64. The van der Waals surface area contributed by atoms with Crippen molar-refractivity contribution in [2.24, 2.45) is 0 Å². The van der Waals surface area contributed by atoms with Crippen molar-refractivity contribution < 1.29 is 9.53 Å². The van der Waals surface area contributed by atoms with Crippen molar-refractivity contribution >= 4 is 39.0 Å². The summed E-state index contributed by atoms with van der Waals surface area (Å²) in [6.45, 7) is 7.18. The summed E-state index contributed by atoms with van der Waals surface area (Å²) in [7, 11) is 0.